The maximum Gasteiger partial charge on any atom is 0.319 e. The lowest BCUT2D eigenvalue weighted by Gasteiger charge is -2.18. The lowest BCUT2D eigenvalue weighted by Crippen LogP contribution is -2.36. The SMILES string of the molecule is Cc1ccc(NC(=O)NC2CCCC2)cc1N(C)C. The van der Waals surface area contributed by atoms with Crippen LogP contribution in [-0.2, 0) is 0 Å². The number of nitrogens with zero attached hydrogens (tertiary/aromatic N) is 1. The molecule has 0 saturated heterocycles. The molecule has 0 aliphatic heterocycles. The zero-order chi connectivity index (χ0) is 13.8. The van der Waals surface area contributed by atoms with Gasteiger partial charge in [0.25, 0.3) is 0 Å². The molecule has 4 heteroatoms. The van der Waals surface area contributed by atoms with E-state index >= 15 is 0 Å². The maximum atomic E-state index is 11.9. The normalized spacial score (nSPS) is 15.3. The van der Waals surface area contributed by atoms with Crippen molar-refractivity contribution in [2.24, 2.45) is 0 Å². The van der Waals surface area contributed by atoms with Gasteiger partial charge < -0.3 is 15.5 Å². The van der Waals surface area contributed by atoms with Crippen molar-refractivity contribution in [3.63, 3.8) is 0 Å². The van der Waals surface area contributed by atoms with E-state index in [1.165, 1.54) is 18.4 Å². The molecule has 4 nitrogen and oxygen atoms in total. The largest absolute Gasteiger partial charge is 0.377 e. The fraction of sp³-hybridized carbons (Fsp3) is 0.533. The predicted octanol–water partition coefficient (Wildman–Crippen LogP) is 3.13. The highest BCUT2D eigenvalue weighted by molar-refractivity contribution is 5.90. The van der Waals surface area contributed by atoms with Gasteiger partial charge in [-0.25, -0.2) is 4.79 Å². The summed E-state index contributed by atoms with van der Waals surface area (Å²) in [7, 11) is 4.01. The van der Waals surface area contributed by atoms with Crippen LogP contribution in [0.3, 0.4) is 0 Å². The lowest BCUT2D eigenvalue weighted by atomic mass is 10.1. The Morgan fingerprint density at radius 1 is 1.26 bits per heavy atom. The highest BCUT2D eigenvalue weighted by Gasteiger charge is 2.17. The molecule has 2 rings (SSSR count). The Balaban J connectivity index is 1.98. The second-order valence-corrected chi connectivity index (χ2v) is 5.48. The number of hydrogen-bond donors (Lipinski definition) is 2. The average molecular weight is 261 g/mol. The van der Waals surface area contributed by atoms with Crippen LogP contribution in [0.2, 0.25) is 0 Å². The molecule has 1 saturated carbocycles. The number of nitrogens with one attached hydrogen (secondary N) is 2. The summed E-state index contributed by atoms with van der Waals surface area (Å²) >= 11 is 0. The number of rotatable bonds is 3. The summed E-state index contributed by atoms with van der Waals surface area (Å²) in [4.78, 5) is 13.9. The molecule has 2 amide bonds. The summed E-state index contributed by atoms with van der Waals surface area (Å²) in [5.41, 5.74) is 3.16. The van der Waals surface area contributed by atoms with Gasteiger partial charge in [0.15, 0.2) is 0 Å². The minimum Gasteiger partial charge on any atom is -0.377 e. The average Bonchev–Trinajstić information content (AvgIpc) is 2.84. The molecule has 2 N–H and O–H groups in total. The molecule has 1 aliphatic rings. The third-order valence-corrected chi connectivity index (χ3v) is 3.64. The van der Waals surface area contributed by atoms with Gasteiger partial charge in [-0.15, -0.1) is 0 Å². The van der Waals surface area contributed by atoms with Crippen LogP contribution >= 0.6 is 0 Å². The summed E-state index contributed by atoms with van der Waals surface area (Å²) in [5, 5.41) is 5.94. The van der Waals surface area contributed by atoms with E-state index in [9.17, 15) is 4.79 Å². The predicted molar refractivity (Wildman–Crippen MR) is 79.9 cm³/mol. The van der Waals surface area contributed by atoms with E-state index in [-0.39, 0.29) is 6.03 Å². The molecule has 0 heterocycles. The molecule has 0 bridgehead atoms. The van der Waals surface area contributed by atoms with Gasteiger partial charge >= 0.3 is 6.03 Å². The number of amides is 2. The van der Waals surface area contributed by atoms with E-state index in [0.717, 1.165) is 24.2 Å². The molecular formula is C15H23N3O. The fourth-order valence-corrected chi connectivity index (χ4v) is 2.59. The molecule has 0 spiro atoms. The third kappa shape index (κ3) is 3.63. The topological polar surface area (TPSA) is 44.4 Å². The van der Waals surface area contributed by atoms with Crippen molar-refractivity contribution in [1.82, 2.24) is 5.32 Å². The van der Waals surface area contributed by atoms with Gasteiger partial charge in [-0.1, -0.05) is 18.9 Å². The highest BCUT2D eigenvalue weighted by atomic mass is 16.2. The molecule has 0 unspecified atom stereocenters. The van der Waals surface area contributed by atoms with Gasteiger partial charge in [-0.3, -0.25) is 0 Å². The molecule has 19 heavy (non-hydrogen) atoms. The van der Waals surface area contributed by atoms with Crippen molar-refractivity contribution >= 4 is 17.4 Å². The number of hydrogen-bond acceptors (Lipinski definition) is 2. The summed E-state index contributed by atoms with van der Waals surface area (Å²) in [5.74, 6) is 0. The Kier molecular flexibility index (Phi) is 4.30. The van der Waals surface area contributed by atoms with Crippen LogP contribution in [0.15, 0.2) is 18.2 Å². The van der Waals surface area contributed by atoms with Crippen molar-refractivity contribution in [1.29, 1.82) is 0 Å². The molecule has 1 aliphatic carbocycles. The second kappa shape index (κ2) is 5.95. The molecule has 1 fully saturated rings. The van der Waals surface area contributed by atoms with Gasteiger partial charge in [-0.05, 0) is 37.5 Å². The summed E-state index contributed by atoms with van der Waals surface area (Å²) < 4.78 is 0. The summed E-state index contributed by atoms with van der Waals surface area (Å²) in [6.07, 6.45) is 4.65. The first-order chi connectivity index (χ1) is 9.06. The second-order valence-electron chi connectivity index (χ2n) is 5.48. The van der Waals surface area contributed by atoms with E-state index in [4.69, 9.17) is 0 Å². The van der Waals surface area contributed by atoms with Crippen LogP contribution in [0.1, 0.15) is 31.2 Å². The molecule has 0 atom stereocenters. The van der Waals surface area contributed by atoms with Gasteiger partial charge in [-0.2, -0.15) is 0 Å². The van der Waals surface area contributed by atoms with Crippen molar-refractivity contribution in [3.05, 3.63) is 23.8 Å². The fourth-order valence-electron chi connectivity index (χ4n) is 2.59. The quantitative estimate of drug-likeness (QED) is 0.878. The van der Waals surface area contributed by atoms with E-state index < -0.39 is 0 Å². The van der Waals surface area contributed by atoms with E-state index in [1.807, 2.05) is 32.3 Å². The van der Waals surface area contributed by atoms with Crippen LogP contribution in [0.4, 0.5) is 16.2 Å². The van der Waals surface area contributed by atoms with E-state index in [1.54, 1.807) is 0 Å². The van der Waals surface area contributed by atoms with Crippen LogP contribution in [-0.4, -0.2) is 26.2 Å². The lowest BCUT2D eigenvalue weighted by molar-refractivity contribution is 0.248. The number of carbonyl (C=O) groups excluding carboxylic acids is 1. The first-order valence-corrected chi connectivity index (χ1v) is 6.92. The Hall–Kier alpha value is -1.71. The van der Waals surface area contributed by atoms with Crippen LogP contribution in [0, 0.1) is 6.92 Å². The van der Waals surface area contributed by atoms with Crippen molar-refractivity contribution in [2.75, 3.05) is 24.3 Å². The summed E-state index contributed by atoms with van der Waals surface area (Å²) in [6.45, 7) is 2.07. The van der Waals surface area contributed by atoms with E-state index in [0.29, 0.717) is 6.04 Å². The zero-order valence-electron chi connectivity index (χ0n) is 12.0. The number of anilines is 2. The highest BCUT2D eigenvalue weighted by Crippen LogP contribution is 2.23. The third-order valence-electron chi connectivity index (χ3n) is 3.64. The van der Waals surface area contributed by atoms with Gasteiger partial charge in [0.1, 0.15) is 0 Å². The molecule has 1 aromatic rings. The number of urea groups is 1. The number of aryl methyl sites for hydroxylation is 1. The standard InChI is InChI=1S/C15H23N3O/c1-11-8-9-13(10-14(11)18(2)3)17-15(19)16-12-6-4-5-7-12/h8-10,12H,4-7H2,1-3H3,(H2,16,17,19). The van der Waals surface area contributed by atoms with Crippen LogP contribution in [0.25, 0.3) is 0 Å². The maximum absolute atomic E-state index is 11.9. The molecule has 1 aromatic carbocycles. The first kappa shape index (κ1) is 13.7. The minimum absolute atomic E-state index is 0.0968. The molecular weight excluding hydrogens is 238 g/mol. The Bertz CT molecular complexity index is 451. The Labute approximate surface area is 115 Å². The monoisotopic (exact) mass is 261 g/mol. The zero-order valence-corrected chi connectivity index (χ0v) is 12.0. The smallest absolute Gasteiger partial charge is 0.319 e. The molecule has 104 valence electrons. The summed E-state index contributed by atoms with van der Waals surface area (Å²) in [6, 6.07) is 6.22. The minimum atomic E-state index is -0.0968. The molecule has 0 aromatic heterocycles. The first-order valence-electron chi connectivity index (χ1n) is 6.92. The number of benzene rings is 1. The Morgan fingerprint density at radius 2 is 1.95 bits per heavy atom. The van der Waals surface area contributed by atoms with Gasteiger partial charge in [0.2, 0.25) is 0 Å². The molecule has 0 radical (unpaired) electrons. The van der Waals surface area contributed by atoms with Crippen molar-refractivity contribution in [2.45, 2.75) is 38.6 Å². The van der Waals surface area contributed by atoms with Crippen molar-refractivity contribution in [3.8, 4) is 0 Å². The number of carbonyl (C=O) groups is 1. The van der Waals surface area contributed by atoms with Crippen LogP contribution < -0.4 is 15.5 Å². The van der Waals surface area contributed by atoms with E-state index in [2.05, 4.69) is 22.5 Å². The van der Waals surface area contributed by atoms with Crippen molar-refractivity contribution < 1.29 is 4.79 Å². The Morgan fingerprint density at radius 3 is 2.58 bits per heavy atom. The van der Waals surface area contributed by atoms with Crippen LogP contribution in [0.5, 0.6) is 0 Å². The van der Waals surface area contributed by atoms with Gasteiger partial charge in [0, 0.05) is 31.5 Å². The van der Waals surface area contributed by atoms with Gasteiger partial charge in [0.05, 0.1) is 0 Å².